The monoisotopic (exact) mass is 372 g/mol. The van der Waals surface area contributed by atoms with Crippen LogP contribution in [0.4, 0.5) is 5.69 Å². The third-order valence-electron chi connectivity index (χ3n) is 6.13. The average Bonchev–Trinajstić information content (AvgIpc) is 2.91. The van der Waals surface area contributed by atoms with E-state index in [1.54, 1.807) is 4.78 Å². The predicted molar refractivity (Wildman–Crippen MR) is 109 cm³/mol. The second-order valence-electron chi connectivity index (χ2n) is 8.08. The smallest absolute Gasteiger partial charge is 0.287 e. The normalized spacial score (nSPS) is 31.4. The largest absolute Gasteiger partial charge is 0.346 e. The highest BCUT2D eigenvalue weighted by Crippen LogP contribution is 2.65. The fourth-order valence-electron chi connectivity index (χ4n) is 4.75. The van der Waals surface area contributed by atoms with Gasteiger partial charge in [-0.15, -0.1) is 0 Å². The molecule has 140 valence electrons. The van der Waals surface area contributed by atoms with E-state index < -0.39 is 7.44 Å². The lowest BCUT2D eigenvalue weighted by Crippen LogP contribution is -2.31. The number of likely N-dealkylation sites (N-methyl/N-ethyl adjacent to an activating group) is 1. The van der Waals surface area contributed by atoms with Crippen molar-refractivity contribution in [3.8, 4) is 0 Å². The number of hydrogen-bond acceptors (Lipinski definition) is 3. The molecule has 1 aromatic rings. The van der Waals surface area contributed by atoms with Crippen molar-refractivity contribution >= 4 is 19.3 Å². The molecule has 0 aliphatic carbocycles. The van der Waals surface area contributed by atoms with Crippen LogP contribution >= 0.6 is 7.44 Å². The van der Waals surface area contributed by atoms with E-state index in [1.165, 1.54) is 24.1 Å². The van der Waals surface area contributed by atoms with Gasteiger partial charge in [-0.2, -0.15) is 5.10 Å². The lowest BCUT2D eigenvalue weighted by atomic mass is 9.84. The first-order valence-electron chi connectivity index (χ1n) is 9.60. The highest BCUT2D eigenvalue weighted by atomic mass is 31.2. The second kappa shape index (κ2) is 6.24. The van der Waals surface area contributed by atoms with Gasteiger partial charge in [-0.25, -0.2) is 9.45 Å². The molecule has 1 saturated heterocycles. The molecule has 0 unspecified atom stereocenters. The maximum atomic E-state index is 14.4. The zero-order chi connectivity index (χ0) is 18.5. The molecule has 4 rings (SSSR count). The first kappa shape index (κ1) is 17.8. The van der Waals surface area contributed by atoms with Gasteiger partial charge in [0, 0.05) is 44.0 Å². The molecular formula is C20H29N4OP. The fourth-order valence-corrected chi connectivity index (χ4v) is 7.66. The molecule has 0 saturated carbocycles. The molecule has 0 bridgehead atoms. The van der Waals surface area contributed by atoms with Crippen molar-refractivity contribution in [2.75, 3.05) is 32.1 Å². The molecule has 3 heterocycles. The number of rotatable bonds is 1. The van der Waals surface area contributed by atoms with Gasteiger partial charge in [0.25, 0.3) is 7.44 Å². The molecule has 1 atom stereocenters. The van der Waals surface area contributed by atoms with Crippen molar-refractivity contribution in [1.29, 1.82) is 0 Å². The standard InChI is InChI=1S/C20H29N4OP/c1-20(2)16-11-7-8-12-17(16)22(3)19(20)18-15-21-23(4)26(18,25)24-13-9-5-6-10-14-24/h7-8,11-12,15H,5-6,9-10,13-14H2,1-4H3/b19-18-/t26-/m1/s1. The van der Waals surface area contributed by atoms with Crippen molar-refractivity contribution in [1.82, 2.24) is 9.45 Å². The van der Waals surface area contributed by atoms with Gasteiger partial charge in [-0.05, 0) is 24.5 Å². The number of hydrazone groups is 1. The summed E-state index contributed by atoms with van der Waals surface area (Å²) in [6.45, 7) is 6.24. The summed E-state index contributed by atoms with van der Waals surface area (Å²) in [4.78, 5) is 2.22. The van der Waals surface area contributed by atoms with E-state index in [0.717, 1.165) is 36.9 Å². The summed E-state index contributed by atoms with van der Waals surface area (Å²) in [5, 5.41) is 5.41. The van der Waals surface area contributed by atoms with Crippen LogP contribution in [-0.4, -0.2) is 42.8 Å². The van der Waals surface area contributed by atoms with E-state index in [0.29, 0.717) is 0 Å². The van der Waals surface area contributed by atoms with Crippen LogP contribution in [0.2, 0.25) is 0 Å². The Morgan fingerprint density at radius 2 is 1.69 bits per heavy atom. The van der Waals surface area contributed by atoms with Gasteiger partial charge < -0.3 is 4.90 Å². The third kappa shape index (κ3) is 2.40. The summed E-state index contributed by atoms with van der Waals surface area (Å²) in [6, 6.07) is 8.50. The zero-order valence-electron chi connectivity index (χ0n) is 16.3. The number of allylic oxidation sites excluding steroid dienone is 2. The van der Waals surface area contributed by atoms with Crippen LogP contribution in [-0.2, 0) is 9.98 Å². The highest BCUT2D eigenvalue weighted by molar-refractivity contribution is 7.65. The van der Waals surface area contributed by atoms with E-state index in [4.69, 9.17) is 0 Å². The lowest BCUT2D eigenvalue weighted by molar-refractivity contribution is 0.378. The summed E-state index contributed by atoms with van der Waals surface area (Å²) in [7, 11) is 1.07. The summed E-state index contributed by atoms with van der Waals surface area (Å²) < 4.78 is 18.3. The lowest BCUT2D eigenvalue weighted by Gasteiger charge is -2.35. The van der Waals surface area contributed by atoms with Gasteiger partial charge in [0.05, 0.1) is 11.5 Å². The zero-order valence-corrected chi connectivity index (χ0v) is 17.2. The molecule has 3 aliphatic heterocycles. The molecule has 6 heteroatoms. The number of para-hydroxylation sites is 1. The number of nitrogens with zero attached hydrogens (tertiary/aromatic N) is 4. The Labute approximate surface area is 156 Å². The van der Waals surface area contributed by atoms with E-state index in [2.05, 4.69) is 59.8 Å². The summed E-state index contributed by atoms with van der Waals surface area (Å²) in [6.07, 6.45) is 6.53. The molecule has 1 aromatic carbocycles. The Hall–Kier alpha value is -1.58. The molecule has 3 aliphatic rings. The highest BCUT2D eigenvalue weighted by Gasteiger charge is 2.49. The minimum Gasteiger partial charge on any atom is -0.346 e. The Bertz CT molecular complexity index is 821. The summed E-state index contributed by atoms with van der Waals surface area (Å²) in [5.74, 6) is 0. The van der Waals surface area contributed by atoms with Crippen LogP contribution < -0.4 is 4.90 Å². The van der Waals surface area contributed by atoms with Crippen molar-refractivity contribution in [2.45, 2.75) is 44.9 Å². The maximum Gasteiger partial charge on any atom is 0.287 e. The third-order valence-corrected chi connectivity index (χ3v) is 9.14. The van der Waals surface area contributed by atoms with Gasteiger partial charge in [-0.3, -0.25) is 4.57 Å². The minimum absolute atomic E-state index is 0.195. The molecule has 0 aromatic heterocycles. The molecule has 0 radical (unpaired) electrons. The van der Waals surface area contributed by atoms with Crippen molar-refractivity contribution in [3.05, 3.63) is 40.8 Å². The number of hydrogen-bond donors (Lipinski definition) is 0. The van der Waals surface area contributed by atoms with Gasteiger partial charge in [-0.1, -0.05) is 44.9 Å². The minimum atomic E-state index is -2.89. The Morgan fingerprint density at radius 3 is 2.35 bits per heavy atom. The summed E-state index contributed by atoms with van der Waals surface area (Å²) >= 11 is 0. The number of benzene rings is 1. The van der Waals surface area contributed by atoms with Crippen LogP contribution in [0.25, 0.3) is 0 Å². The molecule has 0 amide bonds. The van der Waals surface area contributed by atoms with Crippen LogP contribution in [0.15, 0.2) is 40.4 Å². The fraction of sp³-hybridized carbons (Fsp3) is 0.550. The van der Waals surface area contributed by atoms with Crippen LogP contribution in [0, 0.1) is 0 Å². The molecule has 5 nitrogen and oxygen atoms in total. The van der Waals surface area contributed by atoms with Gasteiger partial charge in [0.15, 0.2) is 0 Å². The molecule has 0 N–H and O–H groups in total. The SMILES string of the molecule is CN1/C(=C2/C=NN(C)[P@@]2(=O)N2CCCCCC2)C(C)(C)c2ccccc21. The molecule has 1 fully saturated rings. The van der Waals surface area contributed by atoms with Crippen molar-refractivity contribution in [2.24, 2.45) is 5.10 Å². The first-order valence-corrected chi connectivity index (χ1v) is 11.2. The van der Waals surface area contributed by atoms with Crippen molar-refractivity contribution < 1.29 is 4.57 Å². The van der Waals surface area contributed by atoms with Gasteiger partial charge in [0.1, 0.15) is 0 Å². The number of fused-ring (bicyclic) bond motifs is 1. The summed E-state index contributed by atoms with van der Waals surface area (Å²) in [5.41, 5.74) is 3.42. The topological polar surface area (TPSA) is 39.1 Å². The molecule has 26 heavy (non-hydrogen) atoms. The van der Waals surface area contributed by atoms with Crippen LogP contribution in [0.1, 0.15) is 45.1 Å². The Kier molecular flexibility index (Phi) is 4.28. The maximum absolute atomic E-state index is 14.4. The first-order chi connectivity index (χ1) is 12.4. The Balaban J connectivity index is 1.87. The molecule has 0 spiro atoms. The van der Waals surface area contributed by atoms with Gasteiger partial charge in [0.2, 0.25) is 0 Å². The predicted octanol–water partition coefficient (Wildman–Crippen LogP) is 4.63. The van der Waals surface area contributed by atoms with Gasteiger partial charge >= 0.3 is 0 Å². The Morgan fingerprint density at radius 1 is 1.04 bits per heavy atom. The van der Waals surface area contributed by atoms with E-state index >= 15 is 0 Å². The van der Waals surface area contributed by atoms with Crippen LogP contribution in [0.5, 0.6) is 0 Å². The average molecular weight is 372 g/mol. The van der Waals surface area contributed by atoms with Crippen molar-refractivity contribution in [3.63, 3.8) is 0 Å². The quantitative estimate of drug-likeness (QED) is 0.674. The number of anilines is 1. The van der Waals surface area contributed by atoms with E-state index in [-0.39, 0.29) is 5.41 Å². The van der Waals surface area contributed by atoms with E-state index in [9.17, 15) is 4.57 Å². The second-order valence-corrected chi connectivity index (χ2v) is 10.8. The van der Waals surface area contributed by atoms with Crippen LogP contribution in [0.3, 0.4) is 0 Å². The van der Waals surface area contributed by atoms with E-state index in [1.807, 2.05) is 13.3 Å². The molecular weight excluding hydrogens is 343 g/mol.